The molecule has 12 heteroatoms. The summed E-state index contributed by atoms with van der Waals surface area (Å²) in [5.41, 5.74) is 4.88. The van der Waals surface area contributed by atoms with Crippen molar-refractivity contribution < 1.29 is 27.3 Å². The van der Waals surface area contributed by atoms with E-state index in [2.05, 4.69) is 15.6 Å². The number of nitro groups is 1. The topological polar surface area (TPSA) is 161 Å². The molecule has 0 unspecified atom stereocenters. The van der Waals surface area contributed by atoms with Crippen LogP contribution in [0.5, 0.6) is 0 Å². The SMILES string of the molecule is O=C(C=Cc1ccc(S(=O)(=O)NCc2ccco2)cc1)NNC(=O)c1ccc([N+](=O)[O-])cc1. The number of rotatable bonds is 8. The van der Waals surface area contributed by atoms with Crippen LogP contribution in [0.2, 0.25) is 0 Å². The van der Waals surface area contributed by atoms with Gasteiger partial charge in [-0.05, 0) is 48.0 Å². The Hall–Kier alpha value is -4.29. The van der Waals surface area contributed by atoms with E-state index in [0.29, 0.717) is 11.3 Å². The van der Waals surface area contributed by atoms with Gasteiger partial charge in [0.2, 0.25) is 10.0 Å². The van der Waals surface area contributed by atoms with Crippen LogP contribution in [0.3, 0.4) is 0 Å². The first-order chi connectivity index (χ1) is 15.7. The van der Waals surface area contributed by atoms with Gasteiger partial charge in [0.1, 0.15) is 5.76 Å². The number of sulfonamides is 1. The van der Waals surface area contributed by atoms with Crippen molar-refractivity contribution in [2.24, 2.45) is 0 Å². The number of carbonyl (C=O) groups excluding carboxylic acids is 2. The molecule has 0 aliphatic carbocycles. The van der Waals surface area contributed by atoms with Crippen LogP contribution in [0.1, 0.15) is 21.7 Å². The Kier molecular flexibility index (Phi) is 7.33. The van der Waals surface area contributed by atoms with Crippen molar-refractivity contribution in [1.29, 1.82) is 0 Å². The summed E-state index contributed by atoms with van der Waals surface area (Å²) in [6.45, 7) is 0.0166. The number of hydrogen-bond acceptors (Lipinski definition) is 7. The highest BCUT2D eigenvalue weighted by atomic mass is 32.2. The Morgan fingerprint density at radius 2 is 1.70 bits per heavy atom. The Balaban J connectivity index is 1.51. The van der Waals surface area contributed by atoms with E-state index in [1.165, 1.54) is 60.9 Å². The Morgan fingerprint density at radius 1 is 1.00 bits per heavy atom. The van der Waals surface area contributed by atoms with Crippen molar-refractivity contribution in [2.45, 2.75) is 11.4 Å². The monoisotopic (exact) mass is 470 g/mol. The van der Waals surface area contributed by atoms with Crippen LogP contribution in [-0.4, -0.2) is 25.2 Å². The number of furan rings is 1. The third-order valence-corrected chi connectivity index (χ3v) is 5.69. The van der Waals surface area contributed by atoms with E-state index >= 15 is 0 Å². The first-order valence-electron chi connectivity index (χ1n) is 9.39. The molecule has 1 heterocycles. The maximum atomic E-state index is 12.3. The maximum absolute atomic E-state index is 12.3. The molecule has 2 aromatic carbocycles. The van der Waals surface area contributed by atoms with Gasteiger partial charge in [-0.15, -0.1) is 0 Å². The Bertz CT molecular complexity index is 1270. The largest absolute Gasteiger partial charge is 0.468 e. The summed E-state index contributed by atoms with van der Waals surface area (Å²) in [5.74, 6) is -0.810. The number of nitrogens with zero attached hydrogens (tertiary/aromatic N) is 1. The Morgan fingerprint density at radius 3 is 2.30 bits per heavy atom. The summed E-state index contributed by atoms with van der Waals surface area (Å²) >= 11 is 0. The van der Waals surface area contributed by atoms with E-state index in [4.69, 9.17) is 4.42 Å². The fourth-order valence-electron chi connectivity index (χ4n) is 2.56. The number of hydrazine groups is 1. The molecule has 0 aliphatic rings. The number of hydrogen-bond donors (Lipinski definition) is 3. The second kappa shape index (κ2) is 10.3. The van der Waals surface area contributed by atoms with Crippen LogP contribution >= 0.6 is 0 Å². The zero-order valence-corrected chi connectivity index (χ0v) is 17.7. The highest BCUT2D eigenvalue weighted by Crippen LogP contribution is 2.13. The van der Waals surface area contributed by atoms with Crippen LogP contribution in [0.4, 0.5) is 5.69 Å². The average molecular weight is 470 g/mol. The van der Waals surface area contributed by atoms with Crippen LogP contribution in [0, 0.1) is 10.1 Å². The molecule has 3 rings (SSSR count). The molecule has 3 N–H and O–H groups in total. The van der Waals surface area contributed by atoms with Crippen LogP contribution in [0.25, 0.3) is 6.08 Å². The lowest BCUT2D eigenvalue weighted by molar-refractivity contribution is -0.384. The average Bonchev–Trinajstić information content (AvgIpc) is 3.34. The summed E-state index contributed by atoms with van der Waals surface area (Å²) in [7, 11) is -3.73. The van der Waals surface area contributed by atoms with Gasteiger partial charge < -0.3 is 4.42 Å². The van der Waals surface area contributed by atoms with Gasteiger partial charge in [-0.2, -0.15) is 0 Å². The van der Waals surface area contributed by atoms with Crippen molar-refractivity contribution in [3.8, 4) is 0 Å². The molecule has 1 aromatic heterocycles. The number of carbonyl (C=O) groups is 2. The number of nitro benzene ring substituents is 1. The van der Waals surface area contributed by atoms with E-state index < -0.39 is 26.8 Å². The van der Waals surface area contributed by atoms with Crippen molar-refractivity contribution in [1.82, 2.24) is 15.6 Å². The lowest BCUT2D eigenvalue weighted by Crippen LogP contribution is -2.40. The van der Waals surface area contributed by atoms with Crippen molar-refractivity contribution >= 4 is 33.6 Å². The number of amides is 2. The summed E-state index contributed by atoms with van der Waals surface area (Å²) in [6.07, 6.45) is 4.02. The molecule has 0 saturated carbocycles. The van der Waals surface area contributed by atoms with E-state index in [1.54, 1.807) is 12.1 Å². The highest BCUT2D eigenvalue weighted by Gasteiger charge is 2.14. The molecule has 33 heavy (non-hydrogen) atoms. The van der Waals surface area contributed by atoms with Crippen molar-refractivity contribution in [3.63, 3.8) is 0 Å². The fourth-order valence-corrected chi connectivity index (χ4v) is 3.55. The smallest absolute Gasteiger partial charge is 0.269 e. The second-order valence-corrected chi connectivity index (χ2v) is 8.32. The molecule has 0 spiro atoms. The molecule has 3 aromatic rings. The van der Waals surface area contributed by atoms with Gasteiger partial charge in [0.25, 0.3) is 17.5 Å². The third-order valence-electron chi connectivity index (χ3n) is 4.27. The molecule has 0 saturated heterocycles. The summed E-state index contributed by atoms with van der Waals surface area (Å²) in [6, 6.07) is 14.0. The minimum atomic E-state index is -3.73. The van der Waals surface area contributed by atoms with Crippen LogP contribution in [-0.2, 0) is 21.4 Å². The first kappa shape index (κ1) is 23.4. The lowest BCUT2D eigenvalue weighted by atomic mass is 10.2. The van der Waals surface area contributed by atoms with E-state index in [0.717, 1.165) is 6.08 Å². The predicted molar refractivity (Wildman–Crippen MR) is 117 cm³/mol. The molecule has 0 atom stereocenters. The van der Waals surface area contributed by atoms with Gasteiger partial charge in [0.05, 0.1) is 22.6 Å². The first-order valence-corrected chi connectivity index (χ1v) is 10.9. The van der Waals surface area contributed by atoms with Gasteiger partial charge in [0.15, 0.2) is 0 Å². The number of nitrogens with one attached hydrogen (secondary N) is 3. The molecule has 170 valence electrons. The van der Waals surface area contributed by atoms with E-state index in [9.17, 15) is 28.1 Å². The third kappa shape index (κ3) is 6.59. The molecule has 0 aliphatic heterocycles. The minimum absolute atomic E-state index is 0.0166. The number of non-ortho nitro benzene ring substituents is 1. The number of benzene rings is 2. The molecule has 2 amide bonds. The zero-order chi connectivity index (χ0) is 23.8. The summed E-state index contributed by atoms with van der Waals surface area (Å²) < 4.78 is 32.1. The molecule has 0 radical (unpaired) electrons. The maximum Gasteiger partial charge on any atom is 0.269 e. The highest BCUT2D eigenvalue weighted by molar-refractivity contribution is 7.89. The van der Waals surface area contributed by atoms with Crippen LogP contribution < -0.4 is 15.6 Å². The van der Waals surface area contributed by atoms with Gasteiger partial charge >= 0.3 is 0 Å². The van der Waals surface area contributed by atoms with Gasteiger partial charge in [0, 0.05) is 23.8 Å². The fraction of sp³-hybridized carbons (Fsp3) is 0.0476. The summed E-state index contributed by atoms with van der Waals surface area (Å²) in [5, 5.41) is 10.6. The van der Waals surface area contributed by atoms with Crippen molar-refractivity contribution in [2.75, 3.05) is 0 Å². The molecule has 0 bridgehead atoms. The van der Waals surface area contributed by atoms with Crippen LogP contribution in [0.15, 0.2) is 82.3 Å². The van der Waals surface area contributed by atoms with Gasteiger partial charge in [-0.3, -0.25) is 30.6 Å². The summed E-state index contributed by atoms with van der Waals surface area (Å²) in [4.78, 5) is 34.0. The lowest BCUT2D eigenvalue weighted by Gasteiger charge is -2.06. The minimum Gasteiger partial charge on any atom is -0.468 e. The molecular formula is C21H18N4O7S. The van der Waals surface area contributed by atoms with E-state index in [-0.39, 0.29) is 22.7 Å². The predicted octanol–water partition coefficient (Wildman–Crippen LogP) is 2.14. The van der Waals surface area contributed by atoms with E-state index in [1.807, 2.05) is 0 Å². The van der Waals surface area contributed by atoms with Crippen molar-refractivity contribution in [3.05, 3.63) is 100 Å². The van der Waals surface area contributed by atoms with Gasteiger partial charge in [-0.25, -0.2) is 13.1 Å². The van der Waals surface area contributed by atoms with Gasteiger partial charge in [-0.1, -0.05) is 12.1 Å². The molecular weight excluding hydrogens is 452 g/mol. The standard InChI is InChI=1S/C21H18N4O7S/c26-20(23-24-21(27)16-6-8-17(9-7-16)25(28)29)12-5-15-3-10-19(11-4-15)33(30,31)22-14-18-2-1-13-32-18/h1-13,22H,14H2,(H,23,26)(H,24,27). The molecule has 11 nitrogen and oxygen atoms in total. The molecule has 0 fully saturated rings. The Labute approximate surface area is 188 Å². The quantitative estimate of drug-likeness (QED) is 0.258. The zero-order valence-electron chi connectivity index (χ0n) is 16.9. The second-order valence-electron chi connectivity index (χ2n) is 6.55. The normalized spacial score (nSPS) is 11.3.